The van der Waals surface area contributed by atoms with Crippen LogP contribution in [0.2, 0.25) is 0 Å². The largest absolute Gasteiger partial charge is 0.481 e. The zero-order valence-electron chi connectivity index (χ0n) is 16.3. The molecule has 0 atom stereocenters. The molecule has 3 aromatic rings. The van der Waals surface area contributed by atoms with Crippen LogP contribution in [0.4, 0.5) is 0 Å². The van der Waals surface area contributed by atoms with Crippen molar-refractivity contribution in [1.29, 1.82) is 0 Å². The van der Waals surface area contributed by atoms with Crippen molar-refractivity contribution < 1.29 is 4.74 Å². The predicted molar refractivity (Wildman–Crippen MR) is 110 cm³/mol. The van der Waals surface area contributed by atoms with E-state index < -0.39 is 0 Å². The number of guanidine groups is 1. The summed E-state index contributed by atoms with van der Waals surface area (Å²) in [5.41, 5.74) is 3.38. The normalized spacial score (nSPS) is 11.3. The maximum atomic E-state index is 5.30. The van der Waals surface area contributed by atoms with Gasteiger partial charge in [-0.15, -0.1) is 0 Å². The first-order valence-electron chi connectivity index (χ1n) is 9.34. The molecule has 0 radical (unpaired) electrons. The number of methoxy groups -OCH3 is 1. The van der Waals surface area contributed by atoms with Crippen LogP contribution in [0, 0.1) is 0 Å². The van der Waals surface area contributed by atoms with Crippen LogP contribution >= 0.6 is 0 Å². The minimum absolute atomic E-state index is 0.487. The highest BCUT2D eigenvalue weighted by atomic mass is 16.5. The number of aliphatic imine (C=N–C) groups is 1. The summed E-state index contributed by atoms with van der Waals surface area (Å²) in [5.74, 6) is 1.36. The first kappa shape index (κ1) is 19.4. The summed E-state index contributed by atoms with van der Waals surface area (Å²) in [6, 6.07) is 14.1. The van der Waals surface area contributed by atoms with Gasteiger partial charge in [0.05, 0.1) is 20.2 Å². The van der Waals surface area contributed by atoms with Crippen molar-refractivity contribution in [2.75, 3.05) is 13.7 Å². The van der Waals surface area contributed by atoms with Crippen LogP contribution in [-0.4, -0.2) is 34.4 Å². The lowest BCUT2D eigenvalue weighted by Crippen LogP contribution is -2.37. The Labute approximate surface area is 165 Å². The molecule has 7 heteroatoms. The molecule has 146 valence electrons. The number of benzene rings is 1. The molecule has 0 unspecified atom stereocenters. The zero-order valence-corrected chi connectivity index (χ0v) is 16.3. The molecule has 0 saturated heterocycles. The van der Waals surface area contributed by atoms with E-state index in [1.54, 1.807) is 19.5 Å². The number of aromatic nitrogens is 3. The molecular weight excluding hydrogens is 352 g/mol. The Morgan fingerprint density at radius 2 is 1.86 bits per heavy atom. The van der Waals surface area contributed by atoms with Gasteiger partial charge in [-0.2, -0.15) is 5.10 Å². The lowest BCUT2D eigenvalue weighted by atomic mass is 10.1. The molecule has 2 N–H and O–H groups in total. The fourth-order valence-electron chi connectivity index (χ4n) is 2.87. The van der Waals surface area contributed by atoms with Crippen LogP contribution in [0.3, 0.4) is 0 Å². The van der Waals surface area contributed by atoms with Crippen molar-refractivity contribution in [3.05, 3.63) is 77.7 Å². The van der Waals surface area contributed by atoms with Gasteiger partial charge in [0.1, 0.15) is 0 Å². The summed E-state index contributed by atoms with van der Waals surface area (Å²) in [4.78, 5) is 8.89. The van der Waals surface area contributed by atoms with E-state index in [9.17, 15) is 0 Å². The number of hydrogen-bond donors (Lipinski definition) is 2. The Morgan fingerprint density at radius 1 is 1.04 bits per heavy atom. The van der Waals surface area contributed by atoms with Gasteiger partial charge in [0, 0.05) is 37.2 Å². The average molecular weight is 378 g/mol. The van der Waals surface area contributed by atoms with Crippen LogP contribution in [0.5, 0.6) is 5.88 Å². The molecule has 0 bridgehead atoms. The molecule has 2 aromatic heterocycles. The Kier molecular flexibility index (Phi) is 7.01. The molecule has 1 aromatic carbocycles. The Balaban J connectivity index is 1.68. The molecule has 0 saturated carbocycles. The van der Waals surface area contributed by atoms with Gasteiger partial charge < -0.3 is 15.4 Å². The van der Waals surface area contributed by atoms with E-state index in [2.05, 4.69) is 43.9 Å². The molecule has 0 aliphatic carbocycles. The van der Waals surface area contributed by atoms with Crippen molar-refractivity contribution in [3.63, 3.8) is 0 Å². The quantitative estimate of drug-likeness (QED) is 0.465. The van der Waals surface area contributed by atoms with E-state index in [0.717, 1.165) is 24.6 Å². The first-order chi connectivity index (χ1) is 13.8. The molecule has 0 fully saturated rings. The van der Waals surface area contributed by atoms with Gasteiger partial charge in [-0.05, 0) is 30.2 Å². The third-order valence-electron chi connectivity index (χ3n) is 4.25. The van der Waals surface area contributed by atoms with Crippen molar-refractivity contribution >= 4 is 5.96 Å². The third kappa shape index (κ3) is 5.33. The molecule has 7 nitrogen and oxygen atoms in total. The summed E-state index contributed by atoms with van der Waals surface area (Å²) in [6.45, 7) is 4.73. The van der Waals surface area contributed by atoms with Crippen LogP contribution < -0.4 is 15.4 Å². The molecule has 3 rings (SSSR count). The number of ether oxygens (including phenoxy) is 1. The number of nitrogens with zero attached hydrogens (tertiary/aromatic N) is 4. The van der Waals surface area contributed by atoms with E-state index >= 15 is 0 Å². The summed E-state index contributed by atoms with van der Waals surface area (Å²) in [6.07, 6.45) is 5.48. The van der Waals surface area contributed by atoms with Crippen LogP contribution in [0.25, 0.3) is 0 Å². The molecule has 0 aliphatic heterocycles. The first-order valence-corrected chi connectivity index (χ1v) is 9.34. The summed E-state index contributed by atoms with van der Waals surface area (Å²) >= 11 is 0. The van der Waals surface area contributed by atoms with Gasteiger partial charge in [-0.3, -0.25) is 4.68 Å². The van der Waals surface area contributed by atoms with E-state index in [0.29, 0.717) is 19.0 Å². The van der Waals surface area contributed by atoms with Crippen molar-refractivity contribution in [3.8, 4) is 5.88 Å². The molecule has 0 spiro atoms. The second kappa shape index (κ2) is 10.1. The average Bonchev–Trinajstić information content (AvgIpc) is 3.24. The number of pyridine rings is 1. The monoisotopic (exact) mass is 378 g/mol. The lowest BCUT2D eigenvalue weighted by Gasteiger charge is -2.14. The SMILES string of the molecule is CCNC(=NCc1cccnc1OC)NCc1ccccc1Cn1cccn1. The highest BCUT2D eigenvalue weighted by Gasteiger charge is 2.06. The molecule has 2 heterocycles. The highest BCUT2D eigenvalue weighted by molar-refractivity contribution is 5.79. The number of nitrogens with one attached hydrogen (secondary N) is 2. The van der Waals surface area contributed by atoms with Gasteiger partial charge in [-0.1, -0.05) is 30.3 Å². The van der Waals surface area contributed by atoms with Gasteiger partial charge in [0.2, 0.25) is 5.88 Å². The standard InChI is InChI=1S/C21H26N6O/c1-3-22-21(25-15-18-10-6-11-23-20(18)28-2)24-14-17-8-4-5-9-19(17)16-27-13-7-12-26-27/h4-13H,3,14-16H2,1-2H3,(H2,22,24,25). The lowest BCUT2D eigenvalue weighted by molar-refractivity contribution is 0.392. The van der Waals surface area contributed by atoms with Gasteiger partial charge >= 0.3 is 0 Å². The smallest absolute Gasteiger partial charge is 0.218 e. The molecule has 0 aliphatic rings. The fourth-order valence-corrected chi connectivity index (χ4v) is 2.87. The van der Waals surface area contributed by atoms with Crippen LogP contribution in [0.1, 0.15) is 23.6 Å². The Morgan fingerprint density at radius 3 is 2.61 bits per heavy atom. The van der Waals surface area contributed by atoms with Gasteiger partial charge in [-0.25, -0.2) is 9.98 Å². The van der Waals surface area contributed by atoms with Crippen LogP contribution in [0.15, 0.2) is 66.0 Å². The summed E-state index contributed by atoms with van der Waals surface area (Å²) in [5, 5.41) is 11.0. The van der Waals surface area contributed by atoms with Gasteiger partial charge in [0.25, 0.3) is 0 Å². The van der Waals surface area contributed by atoms with E-state index in [1.807, 2.05) is 42.1 Å². The number of hydrogen-bond acceptors (Lipinski definition) is 4. The number of rotatable bonds is 8. The second-order valence-electron chi connectivity index (χ2n) is 6.19. The molecule has 0 amide bonds. The minimum Gasteiger partial charge on any atom is -0.481 e. The van der Waals surface area contributed by atoms with E-state index in [4.69, 9.17) is 4.74 Å². The van der Waals surface area contributed by atoms with Crippen LogP contribution in [-0.2, 0) is 19.6 Å². The van der Waals surface area contributed by atoms with Gasteiger partial charge in [0.15, 0.2) is 5.96 Å². The van der Waals surface area contributed by atoms with E-state index in [-0.39, 0.29) is 0 Å². The van der Waals surface area contributed by atoms with Crippen molar-refractivity contribution in [2.24, 2.45) is 4.99 Å². The zero-order chi connectivity index (χ0) is 19.6. The third-order valence-corrected chi connectivity index (χ3v) is 4.25. The maximum absolute atomic E-state index is 5.30. The highest BCUT2D eigenvalue weighted by Crippen LogP contribution is 2.14. The maximum Gasteiger partial charge on any atom is 0.218 e. The predicted octanol–water partition coefficient (Wildman–Crippen LogP) is 2.59. The summed E-state index contributed by atoms with van der Waals surface area (Å²) < 4.78 is 7.23. The fraction of sp³-hybridized carbons (Fsp3) is 0.286. The molecular formula is C21H26N6O. The van der Waals surface area contributed by atoms with Crippen molar-refractivity contribution in [2.45, 2.75) is 26.6 Å². The molecule has 28 heavy (non-hydrogen) atoms. The topological polar surface area (TPSA) is 76.4 Å². The van der Waals surface area contributed by atoms with E-state index in [1.165, 1.54) is 11.1 Å². The Hall–Kier alpha value is -3.35. The summed E-state index contributed by atoms with van der Waals surface area (Å²) in [7, 11) is 1.62. The van der Waals surface area contributed by atoms with Crippen molar-refractivity contribution in [1.82, 2.24) is 25.4 Å². The Bertz CT molecular complexity index is 891. The second-order valence-corrected chi connectivity index (χ2v) is 6.19. The minimum atomic E-state index is 0.487.